The van der Waals surface area contributed by atoms with Crippen molar-refractivity contribution in [2.24, 2.45) is 5.73 Å². The molecule has 0 bridgehead atoms. The molecule has 74 valence electrons. The number of nitrogens with two attached hydrogens (primary N) is 1. The number of hydrogen-bond donors (Lipinski definition) is 2. The minimum absolute atomic E-state index is 0.214. The fourth-order valence-electron chi connectivity index (χ4n) is 0.744. The van der Waals surface area contributed by atoms with E-state index < -0.39 is 10.1 Å². The molecular formula is C6H16N2O3S. The number of hydrogen-bond acceptors (Lipinski definition) is 4. The lowest BCUT2D eigenvalue weighted by Crippen LogP contribution is -2.27. The van der Waals surface area contributed by atoms with E-state index in [9.17, 15) is 8.42 Å². The molecule has 0 fully saturated rings. The lowest BCUT2D eigenvalue weighted by Gasteiger charge is -2.14. The van der Waals surface area contributed by atoms with Crippen LogP contribution in [0.3, 0.4) is 0 Å². The van der Waals surface area contributed by atoms with Crippen LogP contribution in [-0.4, -0.2) is 50.3 Å². The second-order valence-corrected chi connectivity index (χ2v) is 4.30. The van der Waals surface area contributed by atoms with Gasteiger partial charge < -0.3 is 10.6 Å². The van der Waals surface area contributed by atoms with E-state index in [0.717, 1.165) is 13.0 Å². The Labute approximate surface area is 73.3 Å². The Morgan fingerprint density at radius 2 is 2.00 bits per heavy atom. The molecule has 0 radical (unpaired) electrons. The van der Waals surface area contributed by atoms with Crippen LogP contribution in [0, 0.1) is 0 Å². The van der Waals surface area contributed by atoms with Crippen molar-refractivity contribution in [3.63, 3.8) is 0 Å². The molecule has 0 heterocycles. The fraction of sp³-hybridized carbons (Fsp3) is 1.00. The molecule has 0 atom stereocenters. The van der Waals surface area contributed by atoms with E-state index in [2.05, 4.69) is 0 Å². The molecule has 6 heteroatoms. The minimum Gasteiger partial charge on any atom is -0.330 e. The maximum Gasteiger partial charge on any atom is 0.266 e. The second-order valence-electron chi connectivity index (χ2n) is 2.73. The molecule has 5 nitrogen and oxygen atoms in total. The molecule has 0 saturated heterocycles. The van der Waals surface area contributed by atoms with Crippen LogP contribution in [0.1, 0.15) is 6.42 Å². The van der Waals surface area contributed by atoms with Crippen molar-refractivity contribution in [2.75, 3.05) is 32.4 Å². The average Bonchev–Trinajstić information content (AvgIpc) is 1.95. The standard InChI is InChI=1S/C6H16N2O3S/c1-8(4-2-3-7)5-6-12(9,10)11/h2-7H2,1H3,(H,9,10,11). The quantitative estimate of drug-likeness (QED) is 0.541. The molecule has 0 aromatic heterocycles. The maximum absolute atomic E-state index is 10.3. The van der Waals surface area contributed by atoms with Crippen molar-refractivity contribution in [3.8, 4) is 0 Å². The first-order chi connectivity index (χ1) is 5.45. The predicted octanol–water partition coefficient (Wildman–Crippen LogP) is -0.845. The van der Waals surface area contributed by atoms with Gasteiger partial charge in [-0.3, -0.25) is 4.55 Å². The van der Waals surface area contributed by atoms with Crippen molar-refractivity contribution in [1.82, 2.24) is 4.90 Å². The van der Waals surface area contributed by atoms with Gasteiger partial charge in [-0.05, 0) is 26.6 Å². The minimum atomic E-state index is -3.82. The van der Waals surface area contributed by atoms with E-state index in [1.807, 2.05) is 4.90 Å². The molecule has 0 aromatic rings. The SMILES string of the molecule is CN(CCCN)CCS(=O)(=O)O. The molecule has 0 aliphatic heterocycles. The van der Waals surface area contributed by atoms with Crippen molar-refractivity contribution >= 4 is 10.1 Å². The van der Waals surface area contributed by atoms with Crippen LogP contribution in [0.5, 0.6) is 0 Å². The van der Waals surface area contributed by atoms with Crippen molar-refractivity contribution in [3.05, 3.63) is 0 Å². The smallest absolute Gasteiger partial charge is 0.266 e. The molecule has 0 spiro atoms. The first-order valence-corrected chi connectivity index (χ1v) is 5.40. The van der Waals surface area contributed by atoms with Crippen LogP contribution in [0.15, 0.2) is 0 Å². The maximum atomic E-state index is 10.3. The summed E-state index contributed by atoms with van der Waals surface area (Å²) in [4.78, 5) is 1.82. The van der Waals surface area contributed by atoms with Gasteiger partial charge in [0, 0.05) is 6.54 Å². The summed E-state index contributed by atoms with van der Waals surface area (Å²) in [7, 11) is -2.02. The Kier molecular flexibility index (Phi) is 5.39. The molecule has 0 aromatic carbocycles. The number of nitrogens with zero attached hydrogens (tertiary/aromatic N) is 1. The first kappa shape index (κ1) is 11.8. The largest absolute Gasteiger partial charge is 0.330 e. The third-order valence-electron chi connectivity index (χ3n) is 1.47. The molecule has 3 N–H and O–H groups in total. The zero-order valence-electron chi connectivity index (χ0n) is 7.23. The molecular weight excluding hydrogens is 180 g/mol. The zero-order chi connectivity index (χ0) is 9.61. The summed E-state index contributed by atoms with van der Waals surface area (Å²) in [6.07, 6.45) is 0.835. The Morgan fingerprint density at radius 1 is 1.42 bits per heavy atom. The van der Waals surface area contributed by atoms with E-state index in [0.29, 0.717) is 13.1 Å². The summed E-state index contributed by atoms with van der Waals surface area (Å²) in [6, 6.07) is 0. The summed E-state index contributed by atoms with van der Waals surface area (Å²) in [5.41, 5.74) is 5.26. The van der Waals surface area contributed by atoms with Crippen molar-refractivity contribution in [2.45, 2.75) is 6.42 Å². The summed E-state index contributed by atoms with van der Waals surface area (Å²) in [5.74, 6) is -0.214. The van der Waals surface area contributed by atoms with E-state index in [1.165, 1.54) is 0 Å². The summed E-state index contributed by atoms with van der Waals surface area (Å²) in [5, 5.41) is 0. The zero-order valence-corrected chi connectivity index (χ0v) is 8.05. The Bertz CT molecular complexity index is 203. The molecule has 12 heavy (non-hydrogen) atoms. The average molecular weight is 196 g/mol. The Balaban J connectivity index is 3.51. The molecule has 0 unspecified atom stereocenters. The van der Waals surface area contributed by atoms with Gasteiger partial charge in [0.25, 0.3) is 10.1 Å². The highest BCUT2D eigenvalue weighted by Gasteiger charge is 2.06. The molecule has 0 rings (SSSR count). The lowest BCUT2D eigenvalue weighted by atomic mass is 10.4. The van der Waals surface area contributed by atoms with Gasteiger partial charge in [-0.15, -0.1) is 0 Å². The summed E-state index contributed by atoms with van der Waals surface area (Å²) < 4.78 is 29.0. The molecule has 0 aliphatic carbocycles. The van der Waals surface area contributed by atoms with Gasteiger partial charge >= 0.3 is 0 Å². The van der Waals surface area contributed by atoms with Gasteiger partial charge in [0.1, 0.15) is 0 Å². The van der Waals surface area contributed by atoms with Gasteiger partial charge in [0.05, 0.1) is 5.75 Å². The highest BCUT2D eigenvalue weighted by atomic mass is 32.2. The van der Waals surface area contributed by atoms with Crippen molar-refractivity contribution in [1.29, 1.82) is 0 Å². The van der Waals surface area contributed by atoms with E-state index in [-0.39, 0.29) is 5.75 Å². The van der Waals surface area contributed by atoms with Crippen LogP contribution in [-0.2, 0) is 10.1 Å². The van der Waals surface area contributed by atoms with Crippen LogP contribution in [0.25, 0.3) is 0 Å². The van der Waals surface area contributed by atoms with E-state index in [4.69, 9.17) is 10.3 Å². The molecule has 0 saturated carbocycles. The predicted molar refractivity (Wildman–Crippen MR) is 47.6 cm³/mol. The first-order valence-electron chi connectivity index (χ1n) is 3.79. The molecule has 0 aliphatic rings. The van der Waals surface area contributed by atoms with E-state index >= 15 is 0 Å². The Morgan fingerprint density at radius 3 is 2.42 bits per heavy atom. The molecule has 0 amide bonds. The van der Waals surface area contributed by atoms with Crippen LogP contribution in [0.2, 0.25) is 0 Å². The van der Waals surface area contributed by atoms with Gasteiger partial charge in [0.2, 0.25) is 0 Å². The normalized spacial score (nSPS) is 12.3. The van der Waals surface area contributed by atoms with Gasteiger partial charge in [0.15, 0.2) is 0 Å². The van der Waals surface area contributed by atoms with E-state index in [1.54, 1.807) is 7.05 Å². The third-order valence-corrected chi connectivity index (χ3v) is 2.17. The Hall–Kier alpha value is -0.170. The highest BCUT2D eigenvalue weighted by Crippen LogP contribution is 1.88. The topological polar surface area (TPSA) is 83.6 Å². The van der Waals surface area contributed by atoms with Crippen molar-refractivity contribution < 1.29 is 13.0 Å². The fourth-order valence-corrected chi connectivity index (χ4v) is 1.29. The number of rotatable bonds is 6. The van der Waals surface area contributed by atoms with Crippen LogP contribution in [0.4, 0.5) is 0 Å². The van der Waals surface area contributed by atoms with Gasteiger partial charge in [-0.2, -0.15) is 8.42 Å². The monoisotopic (exact) mass is 196 g/mol. The van der Waals surface area contributed by atoms with Crippen LogP contribution < -0.4 is 5.73 Å². The second kappa shape index (κ2) is 5.47. The summed E-state index contributed by atoms with van der Waals surface area (Å²) >= 11 is 0. The third kappa shape index (κ3) is 7.93. The van der Waals surface area contributed by atoms with Gasteiger partial charge in [-0.25, -0.2) is 0 Å². The van der Waals surface area contributed by atoms with Crippen LogP contribution >= 0.6 is 0 Å². The highest BCUT2D eigenvalue weighted by molar-refractivity contribution is 7.85. The summed E-state index contributed by atoms with van der Waals surface area (Å²) in [6.45, 7) is 1.70. The lowest BCUT2D eigenvalue weighted by molar-refractivity contribution is 0.345. The van der Waals surface area contributed by atoms with Gasteiger partial charge in [-0.1, -0.05) is 0 Å².